The highest BCUT2D eigenvalue weighted by Gasteiger charge is 2.09. The van der Waals surface area contributed by atoms with E-state index in [2.05, 4.69) is 6.92 Å². The molecule has 0 aromatic heterocycles. The van der Waals surface area contributed by atoms with Crippen LogP contribution in [0.5, 0.6) is 0 Å². The van der Waals surface area contributed by atoms with Crippen LogP contribution in [0.3, 0.4) is 0 Å². The van der Waals surface area contributed by atoms with Gasteiger partial charge in [0.1, 0.15) is 0 Å². The molecule has 0 heterocycles. The van der Waals surface area contributed by atoms with Crippen LogP contribution in [0.2, 0.25) is 0 Å². The molecule has 0 saturated heterocycles. The Kier molecular flexibility index (Phi) is 6.73. The fourth-order valence-electron chi connectivity index (χ4n) is 1.04. The molecular weight excluding hydrogens is 172 g/mol. The van der Waals surface area contributed by atoms with Gasteiger partial charge in [-0.25, -0.2) is 0 Å². The highest BCUT2D eigenvalue weighted by Crippen LogP contribution is 2.08. The third-order valence-electron chi connectivity index (χ3n) is 1.80. The molecule has 0 spiro atoms. The van der Waals surface area contributed by atoms with Crippen molar-refractivity contribution in [3.63, 3.8) is 0 Å². The van der Waals surface area contributed by atoms with Crippen LogP contribution in [-0.2, 0) is 4.79 Å². The van der Waals surface area contributed by atoms with Crippen LogP contribution < -0.4 is 0 Å². The summed E-state index contributed by atoms with van der Waals surface area (Å²) in [6.45, 7) is 7.83. The Morgan fingerprint density at radius 2 is 2.00 bits per heavy atom. The molecule has 78 valence electrons. The Morgan fingerprint density at radius 1 is 1.36 bits per heavy atom. The quantitative estimate of drug-likeness (QED) is 0.479. The molecule has 0 unspecified atom stereocenters. The van der Waals surface area contributed by atoms with Crippen molar-refractivity contribution in [3.05, 3.63) is 36.0 Å². The molecule has 0 bridgehead atoms. The summed E-state index contributed by atoms with van der Waals surface area (Å²) in [5, 5.41) is 0. The second kappa shape index (κ2) is 7.31. The van der Waals surface area contributed by atoms with Gasteiger partial charge in [0.15, 0.2) is 5.78 Å². The lowest BCUT2D eigenvalue weighted by atomic mass is 10.0. The fraction of sp³-hybridized carbons (Fsp3) is 0.462. The number of ketones is 1. The monoisotopic (exact) mass is 192 g/mol. The van der Waals surface area contributed by atoms with E-state index in [0.717, 1.165) is 12.0 Å². The molecule has 0 fully saturated rings. The minimum Gasteiger partial charge on any atom is -0.294 e. The third kappa shape index (κ3) is 4.80. The van der Waals surface area contributed by atoms with E-state index >= 15 is 0 Å². The van der Waals surface area contributed by atoms with E-state index in [-0.39, 0.29) is 11.7 Å². The summed E-state index contributed by atoms with van der Waals surface area (Å²) in [4.78, 5) is 11.7. The summed E-state index contributed by atoms with van der Waals surface area (Å²) in [7, 11) is 0. The summed E-state index contributed by atoms with van der Waals surface area (Å²) >= 11 is 0. The molecular formula is C13H20O. The minimum absolute atomic E-state index is 0.0625. The van der Waals surface area contributed by atoms with Crippen molar-refractivity contribution >= 4 is 5.78 Å². The zero-order chi connectivity index (χ0) is 11.0. The van der Waals surface area contributed by atoms with Crippen molar-refractivity contribution in [2.24, 2.45) is 5.92 Å². The number of carbonyl (C=O) groups is 1. The van der Waals surface area contributed by atoms with Crippen LogP contribution in [0, 0.1) is 5.92 Å². The number of allylic oxidation sites excluding steroid dienone is 6. The summed E-state index contributed by atoms with van der Waals surface area (Å²) in [5.41, 5.74) is 0.784. The fourth-order valence-corrected chi connectivity index (χ4v) is 1.04. The Balaban J connectivity index is 4.67. The maximum Gasteiger partial charge on any atom is 0.165 e. The number of hydrogen-bond donors (Lipinski definition) is 0. The van der Waals surface area contributed by atoms with Gasteiger partial charge in [-0.05, 0) is 13.3 Å². The smallest absolute Gasteiger partial charge is 0.165 e. The van der Waals surface area contributed by atoms with Crippen LogP contribution in [0.25, 0.3) is 0 Å². The van der Waals surface area contributed by atoms with Crippen LogP contribution >= 0.6 is 0 Å². The molecule has 0 aliphatic rings. The maximum atomic E-state index is 11.7. The van der Waals surface area contributed by atoms with Crippen molar-refractivity contribution in [1.29, 1.82) is 0 Å². The summed E-state index contributed by atoms with van der Waals surface area (Å²) in [6, 6.07) is 0. The van der Waals surface area contributed by atoms with Gasteiger partial charge in [-0.1, -0.05) is 51.2 Å². The standard InChI is InChI=1S/C13H20O/c1-5-7-8-10-12(9-6-2)13(14)11(3)4/h6-11H,5H2,1-4H3/b8-7+,9-6-,12-10+. The SMILES string of the molecule is C\C=C/C(=C\C=C\CC)C(=O)C(C)C. The highest BCUT2D eigenvalue weighted by atomic mass is 16.1. The minimum atomic E-state index is 0.0625. The molecule has 0 amide bonds. The molecule has 0 aromatic carbocycles. The number of carbonyl (C=O) groups excluding carboxylic acids is 1. The Labute approximate surface area is 87.2 Å². The van der Waals surface area contributed by atoms with Gasteiger partial charge in [0.25, 0.3) is 0 Å². The third-order valence-corrected chi connectivity index (χ3v) is 1.80. The number of Topliss-reactive ketones (excluding diaryl/α,β-unsaturated/α-hetero) is 1. The maximum absolute atomic E-state index is 11.7. The molecule has 0 rings (SSSR count). The highest BCUT2D eigenvalue weighted by molar-refractivity contribution is 5.99. The molecule has 0 radical (unpaired) electrons. The van der Waals surface area contributed by atoms with E-state index < -0.39 is 0 Å². The lowest BCUT2D eigenvalue weighted by molar-refractivity contribution is -0.117. The van der Waals surface area contributed by atoms with Crippen LogP contribution in [0.1, 0.15) is 34.1 Å². The lowest BCUT2D eigenvalue weighted by Gasteiger charge is -2.03. The molecule has 0 N–H and O–H groups in total. The predicted octanol–water partition coefficient (Wildman–Crippen LogP) is 3.68. The molecule has 1 heteroatoms. The first-order valence-corrected chi connectivity index (χ1v) is 5.17. The van der Waals surface area contributed by atoms with Crippen molar-refractivity contribution < 1.29 is 4.79 Å². The molecule has 0 aliphatic heterocycles. The number of rotatable bonds is 5. The first-order chi connectivity index (χ1) is 6.63. The van der Waals surface area contributed by atoms with Gasteiger partial charge in [-0.15, -0.1) is 0 Å². The Bertz CT molecular complexity index is 254. The van der Waals surface area contributed by atoms with Crippen LogP contribution in [0.4, 0.5) is 0 Å². The average Bonchev–Trinajstić information content (AvgIpc) is 2.15. The van der Waals surface area contributed by atoms with Crippen LogP contribution in [-0.4, -0.2) is 5.78 Å². The second-order valence-electron chi connectivity index (χ2n) is 3.48. The van der Waals surface area contributed by atoms with E-state index in [1.807, 2.05) is 51.2 Å². The Hall–Kier alpha value is -1.11. The van der Waals surface area contributed by atoms with Crippen molar-refractivity contribution in [2.45, 2.75) is 34.1 Å². The zero-order valence-electron chi connectivity index (χ0n) is 9.58. The number of hydrogen-bond acceptors (Lipinski definition) is 1. The summed E-state index contributed by atoms with van der Waals surface area (Å²) in [6.07, 6.45) is 10.6. The largest absolute Gasteiger partial charge is 0.294 e. The molecule has 0 aliphatic carbocycles. The van der Waals surface area contributed by atoms with Gasteiger partial charge in [0.05, 0.1) is 0 Å². The van der Waals surface area contributed by atoms with Gasteiger partial charge in [0.2, 0.25) is 0 Å². The molecule has 0 atom stereocenters. The van der Waals surface area contributed by atoms with E-state index in [1.165, 1.54) is 0 Å². The van der Waals surface area contributed by atoms with Gasteiger partial charge < -0.3 is 0 Å². The van der Waals surface area contributed by atoms with E-state index in [0.29, 0.717) is 0 Å². The normalized spacial score (nSPS) is 13.4. The Morgan fingerprint density at radius 3 is 2.43 bits per heavy atom. The van der Waals surface area contributed by atoms with Gasteiger partial charge in [-0.2, -0.15) is 0 Å². The lowest BCUT2D eigenvalue weighted by Crippen LogP contribution is -2.08. The molecule has 0 saturated carbocycles. The first-order valence-electron chi connectivity index (χ1n) is 5.17. The first kappa shape index (κ1) is 12.9. The van der Waals surface area contributed by atoms with E-state index in [9.17, 15) is 4.79 Å². The van der Waals surface area contributed by atoms with E-state index in [4.69, 9.17) is 0 Å². The van der Waals surface area contributed by atoms with Gasteiger partial charge in [-0.3, -0.25) is 4.79 Å². The predicted molar refractivity (Wildman–Crippen MR) is 62.2 cm³/mol. The van der Waals surface area contributed by atoms with Gasteiger partial charge in [0, 0.05) is 11.5 Å². The molecule has 1 nitrogen and oxygen atoms in total. The van der Waals surface area contributed by atoms with Crippen molar-refractivity contribution in [1.82, 2.24) is 0 Å². The summed E-state index contributed by atoms with van der Waals surface area (Å²) in [5.74, 6) is 0.260. The second-order valence-corrected chi connectivity index (χ2v) is 3.48. The van der Waals surface area contributed by atoms with Gasteiger partial charge >= 0.3 is 0 Å². The van der Waals surface area contributed by atoms with E-state index in [1.54, 1.807) is 0 Å². The van der Waals surface area contributed by atoms with Crippen LogP contribution in [0.15, 0.2) is 36.0 Å². The zero-order valence-corrected chi connectivity index (χ0v) is 9.58. The van der Waals surface area contributed by atoms with Crippen molar-refractivity contribution in [3.8, 4) is 0 Å². The molecule has 14 heavy (non-hydrogen) atoms. The average molecular weight is 192 g/mol. The topological polar surface area (TPSA) is 17.1 Å². The summed E-state index contributed by atoms with van der Waals surface area (Å²) < 4.78 is 0. The van der Waals surface area contributed by atoms with Crippen molar-refractivity contribution in [2.75, 3.05) is 0 Å². The molecule has 0 aromatic rings.